The molecule has 2 N–H and O–H groups in total. The molecular formula is C9H15N3O3. The Bertz CT molecular complexity index is 278. The molecule has 15 heavy (non-hydrogen) atoms. The highest BCUT2D eigenvalue weighted by atomic mass is 16.2. The first-order valence-electron chi connectivity index (χ1n) is 5.04. The van der Waals surface area contributed by atoms with Crippen molar-refractivity contribution in [3.8, 4) is 0 Å². The molecule has 0 radical (unpaired) electrons. The number of urea groups is 1. The van der Waals surface area contributed by atoms with Crippen molar-refractivity contribution in [2.24, 2.45) is 0 Å². The second kappa shape index (κ2) is 5.33. The fourth-order valence-electron chi connectivity index (χ4n) is 1.27. The summed E-state index contributed by atoms with van der Waals surface area (Å²) in [4.78, 5) is 33.1. The molecule has 0 spiro atoms. The summed E-state index contributed by atoms with van der Waals surface area (Å²) in [6, 6.07) is -0.566. The molecular weight excluding hydrogens is 198 g/mol. The van der Waals surface area contributed by atoms with Crippen molar-refractivity contribution >= 4 is 17.8 Å². The van der Waals surface area contributed by atoms with E-state index in [-0.39, 0.29) is 12.5 Å². The number of hydrogen-bond donors (Lipinski definition) is 2. The molecule has 84 valence electrons. The Labute approximate surface area is 88.0 Å². The summed E-state index contributed by atoms with van der Waals surface area (Å²) in [5, 5.41) is 3.07. The lowest BCUT2D eigenvalue weighted by molar-refractivity contribution is -0.125. The normalized spacial score (nSPS) is 15.4. The van der Waals surface area contributed by atoms with Gasteiger partial charge in [0.1, 0.15) is 6.54 Å². The molecule has 4 amide bonds. The van der Waals surface area contributed by atoms with Gasteiger partial charge in [-0.1, -0.05) is 19.8 Å². The smallest absolute Gasteiger partial charge is 0.275 e. The van der Waals surface area contributed by atoms with Crippen LogP contribution in [0.1, 0.15) is 32.6 Å². The first kappa shape index (κ1) is 11.5. The largest absolute Gasteiger partial charge is 0.343 e. The van der Waals surface area contributed by atoms with Gasteiger partial charge < -0.3 is 0 Å². The summed E-state index contributed by atoms with van der Waals surface area (Å²) in [5.41, 5.74) is 2.38. The Morgan fingerprint density at radius 3 is 2.73 bits per heavy atom. The van der Waals surface area contributed by atoms with E-state index in [0.29, 0.717) is 6.42 Å². The standard InChI is InChI=1S/C9H15N3O3/c1-2-3-4-5-7(13)11-12-6-8(14)10-9(12)15/h2-6H2,1H3,(H,11,13)(H,10,14,15). The number of carbonyl (C=O) groups excluding carboxylic acids is 3. The van der Waals surface area contributed by atoms with Gasteiger partial charge in [-0.3, -0.25) is 20.3 Å². The van der Waals surface area contributed by atoms with E-state index in [1.165, 1.54) is 0 Å². The highest BCUT2D eigenvalue weighted by Crippen LogP contribution is 2.00. The molecule has 0 atom stereocenters. The summed E-state index contributed by atoms with van der Waals surface area (Å²) in [6.45, 7) is 1.95. The quantitative estimate of drug-likeness (QED) is 0.504. The predicted molar refractivity (Wildman–Crippen MR) is 52.5 cm³/mol. The second-order valence-corrected chi connectivity index (χ2v) is 3.43. The third-order valence-electron chi connectivity index (χ3n) is 2.06. The highest BCUT2D eigenvalue weighted by Gasteiger charge is 2.27. The maximum absolute atomic E-state index is 11.3. The molecule has 1 saturated heterocycles. The van der Waals surface area contributed by atoms with Gasteiger partial charge in [0.05, 0.1) is 0 Å². The topological polar surface area (TPSA) is 78.5 Å². The van der Waals surface area contributed by atoms with Crippen molar-refractivity contribution in [1.29, 1.82) is 0 Å². The van der Waals surface area contributed by atoms with E-state index >= 15 is 0 Å². The summed E-state index contributed by atoms with van der Waals surface area (Å²) in [7, 11) is 0. The van der Waals surface area contributed by atoms with Gasteiger partial charge in [0.2, 0.25) is 11.8 Å². The van der Waals surface area contributed by atoms with Gasteiger partial charge in [0.25, 0.3) is 0 Å². The van der Waals surface area contributed by atoms with Crippen molar-refractivity contribution in [2.75, 3.05) is 6.54 Å². The van der Waals surface area contributed by atoms with E-state index in [1.807, 2.05) is 6.92 Å². The average molecular weight is 213 g/mol. The van der Waals surface area contributed by atoms with Crippen LogP contribution in [0.25, 0.3) is 0 Å². The minimum Gasteiger partial charge on any atom is -0.275 e. The van der Waals surface area contributed by atoms with Gasteiger partial charge in [-0.15, -0.1) is 0 Å². The molecule has 1 aliphatic rings. The van der Waals surface area contributed by atoms with Crippen molar-refractivity contribution in [2.45, 2.75) is 32.6 Å². The summed E-state index contributed by atoms with van der Waals surface area (Å²) >= 11 is 0. The number of hydrogen-bond acceptors (Lipinski definition) is 3. The summed E-state index contributed by atoms with van der Waals surface area (Å²) < 4.78 is 0. The number of imide groups is 1. The number of amides is 4. The molecule has 0 aromatic carbocycles. The zero-order chi connectivity index (χ0) is 11.3. The van der Waals surface area contributed by atoms with Crippen LogP contribution in [0.4, 0.5) is 4.79 Å². The van der Waals surface area contributed by atoms with Crippen LogP contribution in [0.15, 0.2) is 0 Å². The monoisotopic (exact) mass is 213 g/mol. The van der Waals surface area contributed by atoms with E-state index in [2.05, 4.69) is 10.7 Å². The van der Waals surface area contributed by atoms with Crippen LogP contribution in [0.2, 0.25) is 0 Å². The highest BCUT2D eigenvalue weighted by molar-refractivity contribution is 6.02. The van der Waals surface area contributed by atoms with Gasteiger partial charge in [-0.2, -0.15) is 0 Å². The molecule has 0 aromatic rings. The molecule has 1 fully saturated rings. The van der Waals surface area contributed by atoms with E-state index in [0.717, 1.165) is 24.3 Å². The molecule has 0 saturated carbocycles. The Balaban J connectivity index is 2.26. The van der Waals surface area contributed by atoms with Gasteiger partial charge in [-0.25, -0.2) is 9.80 Å². The van der Waals surface area contributed by atoms with E-state index in [4.69, 9.17) is 0 Å². The molecule has 6 nitrogen and oxygen atoms in total. The van der Waals surface area contributed by atoms with Crippen LogP contribution in [-0.4, -0.2) is 29.4 Å². The van der Waals surface area contributed by atoms with Crippen LogP contribution >= 0.6 is 0 Å². The average Bonchev–Trinajstić information content (AvgIpc) is 2.45. The maximum Gasteiger partial charge on any atom is 0.343 e. The molecule has 0 bridgehead atoms. The molecule has 1 rings (SSSR count). The Morgan fingerprint density at radius 2 is 2.20 bits per heavy atom. The van der Waals surface area contributed by atoms with Crippen molar-refractivity contribution in [3.05, 3.63) is 0 Å². The zero-order valence-corrected chi connectivity index (χ0v) is 8.71. The molecule has 1 aliphatic heterocycles. The number of nitrogens with zero attached hydrogens (tertiary/aromatic N) is 1. The fourth-order valence-corrected chi connectivity index (χ4v) is 1.27. The minimum absolute atomic E-state index is 0.0989. The number of carbonyl (C=O) groups is 3. The van der Waals surface area contributed by atoms with Crippen molar-refractivity contribution < 1.29 is 14.4 Å². The number of unbranched alkanes of at least 4 members (excludes halogenated alkanes) is 2. The van der Waals surface area contributed by atoms with Gasteiger partial charge in [0, 0.05) is 6.42 Å². The Hall–Kier alpha value is -1.59. The molecule has 1 heterocycles. The summed E-state index contributed by atoms with van der Waals surface area (Å²) in [5.74, 6) is -0.623. The number of nitrogens with one attached hydrogen (secondary N) is 2. The van der Waals surface area contributed by atoms with E-state index in [9.17, 15) is 14.4 Å². The zero-order valence-electron chi connectivity index (χ0n) is 8.71. The van der Waals surface area contributed by atoms with E-state index in [1.54, 1.807) is 0 Å². The van der Waals surface area contributed by atoms with Crippen LogP contribution in [0.5, 0.6) is 0 Å². The van der Waals surface area contributed by atoms with Crippen molar-refractivity contribution in [1.82, 2.24) is 15.8 Å². The SMILES string of the molecule is CCCCCC(=O)NN1CC(=O)NC1=O. The van der Waals surface area contributed by atoms with E-state index < -0.39 is 11.9 Å². The first-order chi connectivity index (χ1) is 7.13. The van der Waals surface area contributed by atoms with Crippen molar-refractivity contribution in [3.63, 3.8) is 0 Å². The minimum atomic E-state index is -0.566. The lowest BCUT2D eigenvalue weighted by Gasteiger charge is -2.14. The Kier molecular flexibility index (Phi) is 4.08. The number of rotatable bonds is 5. The third kappa shape index (κ3) is 3.57. The third-order valence-corrected chi connectivity index (χ3v) is 2.06. The first-order valence-corrected chi connectivity index (χ1v) is 5.04. The lowest BCUT2D eigenvalue weighted by Crippen LogP contribution is -2.44. The Morgan fingerprint density at radius 1 is 1.47 bits per heavy atom. The maximum atomic E-state index is 11.3. The van der Waals surface area contributed by atoms with Crippen LogP contribution in [0, 0.1) is 0 Å². The molecule has 0 aliphatic carbocycles. The second-order valence-electron chi connectivity index (χ2n) is 3.43. The van der Waals surface area contributed by atoms with Crippen LogP contribution < -0.4 is 10.7 Å². The predicted octanol–water partition coefficient (Wildman–Crippen LogP) is 0.150. The summed E-state index contributed by atoms with van der Waals surface area (Å²) in [6.07, 6.45) is 3.20. The van der Waals surface area contributed by atoms with Crippen LogP contribution in [0.3, 0.4) is 0 Å². The fraction of sp³-hybridized carbons (Fsp3) is 0.667. The molecule has 6 heteroatoms. The number of hydrazine groups is 1. The molecule has 0 aromatic heterocycles. The lowest BCUT2D eigenvalue weighted by atomic mass is 10.2. The van der Waals surface area contributed by atoms with Crippen LogP contribution in [-0.2, 0) is 9.59 Å². The van der Waals surface area contributed by atoms with Gasteiger partial charge >= 0.3 is 6.03 Å². The van der Waals surface area contributed by atoms with Gasteiger partial charge in [0.15, 0.2) is 0 Å². The van der Waals surface area contributed by atoms with Gasteiger partial charge in [-0.05, 0) is 6.42 Å². The molecule has 0 unspecified atom stereocenters.